The molecule has 2 aromatic rings. The number of para-hydroxylation sites is 1. The topological polar surface area (TPSA) is 24.9 Å². The summed E-state index contributed by atoms with van der Waals surface area (Å²) < 4.78 is 0. The lowest BCUT2D eigenvalue weighted by Crippen LogP contribution is -2.21. The van der Waals surface area contributed by atoms with E-state index in [0.29, 0.717) is 0 Å². The Morgan fingerprint density at radius 2 is 1.81 bits per heavy atom. The molecule has 3 rings (SSSR count). The van der Waals surface area contributed by atoms with Gasteiger partial charge in [0.2, 0.25) is 0 Å². The Kier molecular flexibility index (Phi) is 4.42. The second-order valence-electron chi connectivity index (χ2n) is 6.50. The van der Waals surface area contributed by atoms with E-state index in [4.69, 9.17) is 0 Å². The molecule has 1 N–H and O–H groups in total. The Bertz CT molecular complexity index is 598. The molecule has 1 aliphatic carbocycles. The number of benzene rings is 1. The van der Waals surface area contributed by atoms with E-state index >= 15 is 0 Å². The summed E-state index contributed by atoms with van der Waals surface area (Å²) in [4.78, 5) is 4.61. The Hall–Kier alpha value is -1.57. The third-order valence-electron chi connectivity index (χ3n) is 4.97. The minimum absolute atomic E-state index is 0.833. The molecule has 0 bridgehead atoms. The maximum absolute atomic E-state index is 4.61. The first-order valence-electron chi connectivity index (χ1n) is 8.36. The van der Waals surface area contributed by atoms with Gasteiger partial charge in [0.05, 0.1) is 5.52 Å². The molecule has 2 nitrogen and oxygen atoms in total. The summed E-state index contributed by atoms with van der Waals surface area (Å²) >= 11 is 0. The molecule has 1 aromatic heterocycles. The third-order valence-corrected chi connectivity index (χ3v) is 4.97. The van der Waals surface area contributed by atoms with E-state index in [2.05, 4.69) is 54.5 Å². The predicted octanol–water partition coefficient (Wildman–Crippen LogP) is 5.17. The van der Waals surface area contributed by atoms with Crippen molar-refractivity contribution in [1.29, 1.82) is 0 Å². The first kappa shape index (κ1) is 14.4. The molecule has 1 aromatic carbocycles. The Labute approximate surface area is 128 Å². The Morgan fingerprint density at radius 3 is 2.57 bits per heavy atom. The summed E-state index contributed by atoms with van der Waals surface area (Å²) in [5, 5.41) is 4.93. The molecular weight excluding hydrogens is 256 g/mol. The molecular formula is C19H26N2. The highest BCUT2D eigenvalue weighted by Gasteiger charge is 2.19. The monoisotopic (exact) mass is 282 g/mol. The molecule has 1 aliphatic rings. The molecule has 21 heavy (non-hydrogen) atoms. The highest BCUT2D eigenvalue weighted by Crippen LogP contribution is 2.31. The molecule has 1 saturated carbocycles. The highest BCUT2D eigenvalue weighted by atomic mass is 14.9. The number of hydrogen-bond acceptors (Lipinski definition) is 2. The largest absolute Gasteiger partial charge is 0.384 e. The minimum atomic E-state index is 0.833. The molecule has 0 spiro atoms. The smallest absolute Gasteiger partial charge is 0.0725 e. The van der Waals surface area contributed by atoms with E-state index in [1.165, 1.54) is 43.2 Å². The van der Waals surface area contributed by atoms with Crippen LogP contribution in [0.3, 0.4) is 0 Å². The number of hydrogen-bond donors (Lipinski definition) is 1. The van der Waals surface area contributed by atoms with Crippen molar-refractivity contribution in [2.45, 2.75) is 46.0 Å². The van der Waals surface area contributed by atoms with Gasteiger partial charge in [0, 0.05) is 23.3 Å². The van der Waals surface area contributed by atoms with Gasteiger partial charge >= 0.3 is 0 Å². The van der Waals surface area contributed by atoms with Gasteiger partial charge in [-0.2, -0.15) is 0 Å². The number of fused-ring (bicyclic) bond motifs is 1. The third kappa shape index (κ3) is 3.37. The summed E-state index contributed by atoms with van der Waals surface area (Å²) in [6, 6.07) is 10.6. The molecule has 0 saturated heterocycles. The van der Waals surface area contributed by atoms with Gasteiger partial charge in [-0.25, -0.2) is 0 Å². The SMILES string of the molecule is CCC1CCC(CNc2cc(C)nc3ccccc23)CC1. The lowest BCUT2D eigenvalue weighted by Gasteiger charge is -2.28. The van der Waals surface area contributed by atoms with E-state index in [1.54, 1.807) is 0 Å². The molecule has 0 radical (unpaired) electrons. The van der Waals surface area contributed by atoms with Gasteiger partial charge in [-0.3, -0.25) is 4.98 Å². The zero-order valence-electron chi connectivity index (χ0n) is 13.2. The predicted molar refractivity (Wildman–Crippen MR) is 90.7 cm³/mol. The van der Waals surface area contributed by atoms with Gasteiger partial charge in [0.15, 0.2) is 0 Å². The van der Waals surface area contributed by atoms with Crippen LogP contribution < -0.4 is 5.32 Å². The van der Waals surface area contributed by atoms with Gasteiger partial charge in [-0.05, 0) is 43.7 Å². The van der Waals surface area contributed by atoms with E-state index in [9.17, 15) is 0 Å². The van der Waals surface area contributed by atoms with Crippen LogP contribution in [0.15, 0.2) is 30.3 Å². The lowest BCUT2D eigenvalue weighted by molar-refractivity contribution is 0.278. The normalized spacial score (nSPS) is 22.4. The van der Waals surface area contributed by atoms with E-state index in [-0.39, 0.29) is 0 Å². The van der Waals surface area contributed by atoms with Crippen LogP contribution in [0.4, 0.5) is 5.69 Å². The van der Waals surface area contributed by atoms with Gasteiger partial charge in [-0.1, -0.05) is 44.4 Å². The van der Waals surface area contributed by atoms with Gasteiger partial charge in [0.1, 0.15) is 0 Å². The second kappa shape index (κ2) is 6.46. The summed E-state index contributed by atoms with van der Waals surface area (Å²) in [6.07, 6.45) is 6.95. The van der Waals surface area contributed by atoms with Crippen molar-refractivity contribution in [1.82, 2.24) is 4.98 Å². The zero-order valence-corrected chi connectivity index (χ0v) is 13.2. The van der Waals surface area contributed by atoms with E-state index in [0.717, 1.165) is 29.6 Å². The number of anilines is 1. The van der Waals surface area contributed by atoms with Crippen molar-refractivity contribution in [3.8, 4) is 0 Å². The fourth-order valence-electron chi connectivity index (χ4n) is 3.55. The Morgan fingerprint density at radius 1 is 1.10 bits per heavy atom. The first-order valence-corrected chi connectivity index (χ1v) is 8.36. The number of nitrogens with zero attached hydrogens (tertiary/aromatic N) is 1. The highest BCUT2D eigenvalue weighted by molar-refractivity contribution is 5.91. The van der Waals surface area contributed by atoms with E-state index < -0.39 is 0 Å². The lowest BCUT2D eigenvalue weighted by atomic mass is 9.81. The van der Waals surface area contributed by atoms with Crippen LogP contribution >= 0.6 is 0 Å². The average Bonchev–Trinajstić information content (AvgIpc) is 2.53. The number of aromatic nitrogens is 1. The summed E-state index contributed by atoms with van der Waals surface area (Å²) in [5.74, 6) is 1.81. The van der Waals surface area contributed by atoms with Crippen LogP contribution in [0.2, 0.25) is 0 Å². The summed E-state index contributed by atoms with van der Waals surface area (Å²) in [7, 11) is 0. The van der Waals surface area contributed by atoms with Crippen molar-refractivity contribution in [2.75, 3.05) is 11.9 Å². The van der Waals surface area contributed by atoms with Crippen molar-refractivity contribution in [3.63, 3.8) is 0 Å². The zero-order chi connectivity index (χ0) is 14.7. The quantitative estimate of drug-likeness (QED) is 0.836. The fourth-order valence-corrected chi connectivity index (χ4v) is 3.55. The molecule has 0 amide bonds. The summed E-state index contributed by atoms with van der Waals surface area (Å²) in [6.45, 7) is 5.50. The number of aryl methyl sites for hydroxylation is 1. The number of rotatable bonds is 4. The molecule has 1 fully saturated rings. The van der Waals surface area contributed by atoms with Crippen LogP contribution in [0, 0.1) is 18.8 Å². The molecule has 112 valence electrons. The van der Waals surface area contributed by atoms with Crippen LogP contribution in [0.1, 0.15) is 44.7 Å². The molecule has 0 unspecified atom stereocenters. The van der Waals surface area contributed by atoms with Crippen molar-refractivity contribution >= 4 is 16.6 Å². The second-order valence-corrected chi connectivity index (χ2v) is 6.50. The van der Waals surface area contributed by atoms with Crippen LogP contribution in [-0.2, 0) is 0 Å². The van der Waals surface area contributed by atoms with Crippen molar-refractivity contribution in [3.05, 3.63) is 36.0 Å². The van der Waals surface area contributed by atoms with Crippen molar-refractivity contribution < 1.29 is 0 Å². The molecule has 1 heterocycles. The minimum Gasteiger partial charge on any atom is -0.384 e. The number of pyridine rings is 1. The average molecular weight is 282 g/mol. The van der Waals surface area contributed by atoms with Gasteiger partial charge < -0.3 is 5.32 Å². The maximum Gasteiger partial charge on any atom is 0.0725 e. The molecule has 0 atom stereocenters. The fraction of sp³-hybridized carbons (Fsp3) is 0.526. The van der Waals surface area contributed by atoms with Crippen LogP contribution in [0.25, 0.3) is 10.9 Å². The molecule has 2 heteroatoms. The van der Waals surface area contributed by atoms with Gasteiger partial charge in [-0.15, -0.1) is 0 Å². The standard InChI is InChI=1S/C19H26N2/c1-3-15-8-10-16(11-9-15)13-20-19-12-14(2)21-18-7-5-4-6-17(18)19/h4-7,12,15-16H,3,8-11,13H2,1-2H3,(H,20,21). The summed E-state index contributed by atoms with van der Waals surface area (Å²) in [5.41, 5.74) is 3.43. The number of nitrogens with one attached hydrogen (secondary N) is 1. The maximum atomic E-state index is 4.61. The molecule has 0 aliphatic heterocycles. The van der Waals surface area contributed by atoms with E-state index in [1.807, 2.05) is 0 Å². The Balaban J connectivity index is 1.68. The van der Waals surface area contributed by atoms with Crippen LogP contribution in [-0.4, -0.2) is 11.5 Å². The first-order chi connectivity index (χ1) is 10.3. The van der Waals surface area contributed by atoms with Crippen LogP contribution in [0.5, 0.6) is 0 Å². The van der Waals surface area contributed by atoms with Crippen molar-refractivity contribution in [2.24, 2.45) is 11.8 Å². The van der Waals surface area contributed by atoms with Gasteiger partial charge in [0.25, 0.3) is 0 Å².